The number of amides is 2. The summed E-state index contributed by atoms with van der Waals surface area (Å²) in [7, 11) is -3.94. The van der Waals surface area contributed by atoms with Crippen molar-refractivity contribution in [1.82, 2.24) is 10.2 Å². The van der Waals surface area contributed by atoms with Gasteiger partial charge in [0.2, 0.25) is 21.8 Å². The minimum absolute atomic E-state index is 0.0406. The SMILES string of the molecule is CC(C)(C)NC(=O)C(Cc1ccccc1)N(Cc1ccc(Cl)cc1)C(=O)CN(c1cc(Cl)cc(Cl)c1)S(C)(=O)=O. The molecule has 0 aliphatic rings. The Hall–Kier alpha value is -2.78. The molecule has 0 saturated carbocycles. The predicted octanol–water partition coefficient (Wildman–Crippen LogP) is 5.97. The zero-order chi connectivity index (χ0) is 29.7. The van der Waals surface area contributed by atoms with E-state index in [1.807, 2.05) is 51.1 Å². The first-order chi connectivity index (χ1) is 18.6. The van der Waals surface area contributed by atoms with Crippen LogP contribution in [0.1, 0.15) is 31.9 Å². The van der Waals surface area contributed by atoms with Crippen LogP contribution in [-0.4, -0.2) is 49.5 Å². The number of anilines is 1. The minimum atomic E-state index is -3.94. The zero-order valence-electron chi connectivity index (χ0n) is 22.7. The molecule has 3 aromatic carbocycles. The highest BCUT2D eigenvalue weighted by Gasteiger charge is 2.34. The highest BCUT2D eigenvalue weighted by Crippen LogP contribution is 2.28. The molecule has 0 aliphatic heterocycles. The van der Waals surface area contributed by atoms with Crippen LogP contribution in [0.2, 0.25) is 15.1 Å². The number of nitrogens with zero attached hydrogens (tertiary/aromatic N) is 2. The first kappa shape index (κ1) is 31.7. The van der Waals surface area contributed by atoms with Crippen LogP contribution in [0.5, 0.6) is 0 Å². The van der Waals surface area contributed by atoms with E-state index in [-0.39, 0.29) is 34.6 Å². The Kier molecular flexibility index (Phi) is 10.5. The van der Waals surface area contributed by atoms with Crippen LogP contribution in [-0.2, 0) is 32.6 Å². The highest BCUT2D eigenvalue weighted by molar-refractivity contribution is 7.92. The third-order valence-electron chi connectivity index (χ3n) is 5.85. The summed E-state index contributed by atoms with van der Waals surface area (Å²) >= 11 is 18.4. The zero-order valence-corrected chi connectivity index (χ0v) is 25.8. The number of carbonyl (C=O) groups excluding carboxylic acids is 2. The first-order valence-electron chi connectivity index (χ1n) is 12.5. The van der Waals surface area contributed by atoms with E-state index >= 15 is 0 Å². The fourth-order valence-electron chi connectivity index (χ4n) is 4.09. The maximum absolute atomic E-state index is 14.1. The second-order valence-electron chi connectivity index (χ2n) is 10.5. The topological polar surface area (TPSA) is 86.8 Å². The molecular formula is C29H32Cl3N3O4S. The number of halogens is 3. The van der Waals surface area contributed by atoms with E-state index in [0.717, 1.165) is 21.7 Å². The number of hydrogen-bond acceptors (Lipinski definition) is 4. The van der Waals surface area contributed by atoms with Crippen LogP contribution < -0.4 is 9.62 Å². The molecule has 0 spiro atoms. The Balaban J connectivity index is 2.08. The van der Waals surface area contributed by atoms with E-state index in [4.69, 9.17) is 34.8 Å². The molecule has 0 aromatic heterocycles. The van der Waals surface area contributed by atoms with E-state index in [1.165, 1.54) is 23.1 Å². The molecule has 40 heavy (non-hydrogen) atoms. The predicted molar refractivity (Wildman–Crippen MR) is 162 cm³/mol. The number of sulfonamides is 1. The molecule has 0 heterocycles. The van der Waals surface area contributed by atoms with Crippen LogP contribution in [0.3, 0.4) is 0 Å². The van der Waals surface area contributed by atoms with Gasteiger partial charge in [0.25, 0.3) is 0 Å². The highest BCUT2D eigenvalue weighted by atomic mass is 35.5. The quantitative estimate of drug-likeness (QED) is 0.301. The summed E-state index contributed by atoms with van der Waals surface area (Å²) in [4.78, 5) is 29.2. The molecule has 7 nitrogen and oxygen atoms in total. The number of nitrogens with one attached hydrogen (secondary N) is 1. The third-order valence-corrected chi connectivity index (χ3v) is 7.68. The largest absolute Gasteiger partial charge is 0.350 e. The van der Waals surface area contributed by atoms with E-state index in [0.29, 0.717) is 5.02 Å². The number of rotatable bonds is 10. The Bertz CT molecular complexity index is 1420. The molecule has 3 rings (SSSR count). The van der Waals surface area contributed by atoms with Gasteiger partial charge >= 0.3 is 0 Å². The van der Waals surface area contributed by atoms with Crippen LogP contribution >= 0.6 is 34.8 Å². The van der Waals surface area contributed by atoms with E-state index in [2.05, 4.69) is 5.32 Å². The van der Waals surface area contributed by atoms with Crippen LogP contribution in [0, 0.1) is 0 Å². The van der Waals surface area contributed by atoms with E-state index < -0.39 is 34.1 Å². The Morgan fingerprint density at radius 3 is 1.95 bits per heavy atom. The van der Waals surface area contributed by atoms with Gasteiger partial charge in [-0.05, 0) is 62.2 Å². The van der Waals surface area contributed by atoms with Crippen LogP contribution in [0.25, 0.3) is 0 Å². The maximum Gasteiger partial charge on any atom is 0.244 e. The molecule has 0 radical (unpaired) electrons. The van der Waals surface area contributed by atoms with Gasteiger partial charge in [-0.15, -0.1) is 0 Å². The molecular weight excluding hydrogens is 593 g/mol. The van der Waals surface area contributed by atoms with Crippen molar-refractivity contribution in [2.75, 3.05) is 17.1 Å². The molecule has 1 N–H and O–H groups in total. The van der Waals surface area contributed by atoms with E-state index in [1.54, 1.807) is 24.3 Å². The summed E-state index contributed by atoms with van der Waals surface area (Å²) in [5, 5.41) is 3.93. The molecule has 0 fully saturated rings. The van der Waals surface area contributed by atoms with Crippen molar-refractivity contribution in [2.24, 2.45) is 0 Å². The smallest absolute Gasteiger partial charge is 0.244 e. The van der Waals surface area contributed by atoms with Crippen molar-refractivity contribution < 1.29 is 18.0 Å². The summed E-state index contributed by atoms with van der Waals surface area (Å²) < 4.78 is 26.7. The number of carbonyl (C=O) groups is 2. The summed E-state index contributed by atoms with van der Waals surface area (Å²) in [6.07, 6.45) is 1.20. The monoisotopic (exact) mass is 623 g/mol. The molecule has 0 bridgehead atoms. The third kappa shape index (κ3) is 9.41. The van der Waals surface area contributed by atoms with Crippen molar-refractivity contribution in [3.8, 4) is 0 Å². The molecule has 2 amide bonds. The van der Waals surface area contributed by atoms with Crippen molar-refractivity contribution in [3.05, 3.63) is 99.0 Å². The van der Waals surface area contributed by atoms with Gasteiger partial charge in [-0.25, -0.2) is 8.42 Å². The van der Waals surface area contributed by atoms with Gasteiger partial charge in [-0.1, -0.05) is 77.3 Å². The number of hydrogen-bond donors (Lipinski definition) is 1. The standard InChI is InChI=1S/C29H32Cl3N3O4S/c1-29(2,3)33-28(37)26(14-20-8-6-5-7-9-20)34(18-21-10-12-22(30)13-11-21)27(36)19-35(40(4,38)39)25-16-23(31)15-24(32)17-25/h5-13,15-17,26H,14,18-19H2,1-4H3,(H,33,37). The van der Waals surface area contributed by atoms with Gasteiger partial charge in [-0.2, -0.15) is 0 Å². The van der Waals surface area contributed by atoms with E-state index in [9.17, 15) is 18.0 Å². The lowest BCUT2D eigenvalue weighted by molar-refractivity contribution is -0.140. The first-order valence-corrected chi connectivity index (χ1v) is 15.4. The van der Waals surface area contributed by atoms with Crippen molar-refractivity contribution in [2.45, 2.75) is 45.3 Å². The molecule has 0 saturated heterocycles. The molecule has 214 valence electrons. The lowest BCUT2D eigenvalue weighted by atomic mass is 10.0. The van der Waals surface area contributed by atoms with Crippen molar-refractivity contribution in [3.63, 3.8) is 0 Å². The second-order valence-corrected chi connectivity index (χ2v) is 13.7. The maximum atomic E-state index is 14.1. The van der Waals surface area contributed by atoms with Crippen molar-refractivity contribution >= 4 is 62.3 Å². The lowest BCUT2D eigenvalue weighted by Gasteiger charge is -2.35. The second kappa shape index (κ2) is 13.3. The normalized spacial score (nSPS) is 12.5. The summed E-state index contributed by atoms with van der Waals surface area (Å²) in [5.74, 6) is -0.947. The van der Waals surface area contributed by atoms with Gasteiger partial charge in [0.1, 0.15) is 12.6 Å². The summed E-state index contributed by atoms with van der Waals surface area (Å²) in [6, 6.07) is 19.6. The van der Waals surface area contributed by atoms with Gasteiger partial charge in [0, 0.05) is 33.6 Å². The average Bonchev–Trinajstić information content (AvgIpc) is 2.84. The fourth-order valence-corrected chi connectivity index (χ4v) is 5.56. The van der Waals surface area contributed by atoms with Gasteiger partial charge in [0.05, 0.1) is 11.9 Å². The average molecular weight is 625 g/mol. The molecule has 1 atom stereocenters. The lowest BCUT2D eigenvalue weighted by Crippen LogP contribution is -2.56. The van der Waals surface area contributed by atoms with Crippen molar-refractivity contribution in [1.29, 1.82) is 0 Å². The Morgan fingerprint density at radius 1 is 0.850 bits per heavy atom. The van der Waals surface area contributed by atoms with Gasteiger partial charge in [-0.3, -0.25) is 13.9 Å². The molecule has 11 heteroatoms. The van der Waals surface area contributed by atoms with Crippen LogP contribution in [0.4, 0.5) is 5.69 Å². The molecule has 3 aromatic rings. The number of benzene rings is 3. The van der Waals surface area contributed by atoms with Gasteiger partial charge < -0.3 is 10.2 Å². The minimum Gasteiger partial charge on any atom is -0.350 e. The molecule has 0 aliphatic carbocycles. The Labute approximate surface area is 251 Å². The summed E-state index contributed by atoms with van der Waals surface area (Å²) in [5.41, 5.74) is 1.12. The Morgan fingerprint density at radius 2 is 1.43 bits per heavy atom. The molecule has 1 unspecified atom stereocenters. The van der Waals surface area contributed by atoms with Crippen LogP contribution in [0.15, 0.2) is 72.8 Å². The van der Waals surface area contributed by atoms with Gasteiger partial charge in [0.15, 0.2) is 0 Å². The summed E-state index contributed by atoms with van der Waals surface area (Å²) in [6.45, 7) is 5.02. The fraction of sp³-hybridized carbons (Fsp3) is 0.310.